The van der Waals surface area contributed by atoms with Gasteiger partial charge in [-0.2, -0.15) is 0 Å². The average molecular weight is 263 g/mol. The van der Waals surface area contributed by atoms with Crippen LogP contribution >= 0.6 is 0 Å². The Morgan fingerprint density at radius 3 is 2.26 bits per heavy atom. The lowest BCUT2D eigenvalue weighted by atomic mass is 9.89. The Bertz CT molecular complexity index is 366. The van der Waals surface area contributed by atoms with Crippen LogP contribution in [0.4, 0.5) is 0 Å². The Balaban J connectivity index is 2.74. The summed E-state index contributed by atoms with van der Waals surface area (Å²) in [5.41, 5.74) is 8.79. The van der Waals surface area contributed by atoms with Crippen molar-refractivity contribution in [3.8, 4) is 0 Å². The third kappa shape index (κ3) is 4.02. The van der Waals surface area contributed by atoms with Gasteiger partial charge in [-0.1, -0.05) is 26.8 Å². The number of likely N-dealkylation sites (N-methyl/N-ethyl adjacent to an activating group) is 1. The normalized spacial score (nSPS) is 13.8. The molecule has 0 saturated heterocycles. The van der Waals surface area contributed by atoms with E-state index in [9.17, 15) is 0 Å². The van der Waals surface area contributed by atoms with Gasteiger partial charge in [0.2, 0.25) is 0 Å². The highest BCUT2D eigenvalue weighted by Crippen LogP contribution is 2.20. The zero-order valence-electron chi connectivity index (χ0n) is 13.1. The summed E-state index contributed by atoms with van der Waals surface area (Å²) in [6.45, 7) is 13.0. The van der Waals surface area contributed by atoms with Gasteiger partial charge in [-0.05, 0) is 45.0 Å². The zero-order valence-corrected chi connectivity index (χ0v) is 13.1. The lowest BCUT2D eigenvalue weighted by Crippen LogP contribution is -2.56. The van der Waals surface area contributed by atoms with Crippen LogP contribution < -0.4 is 5.73 Å². The maximum Gasteiger partial charge on any atom is 0.0419 e. The second kappa shape index (κ2) is 7.01. The number of aromatic nitrogens is 1. The fourth-order valence-electron chi connectivity index (χ4n) is 2.53. The molecule has 0 aliphatic carbocycles. The summed E-state index contributed by atoms with van der Waals surface area (Å²) in [6, 6.07) is 4.35. The molecular weight excluding hydrogens is 234 g/mol. The van der Waals surface area contributed by atoms with Crippen LogP contribution in [-0.4, -0.2) is 34.6 Å². The van der Waals surface area contributed by atoms with Crippen molar-refractivity contribution in [2.24, 2.45) is 5.73 Å². The van der Waals surface area contributed by atoms with Gasteiger partial charge in [0.1, 0.15) is 0 Å². The van der Waals surface area contributed by atoms with Crippen LogP contribution in [0.2, 0.25) is 0 Å². The smallest absolute Gasteiger partial charge is 0.0419 e. The van der Waals surface area contributed by atoms with E-state index in [1.165, 1.54) is 5.56 Å². The molecule has 0 aliphatic heterocycles. The molecule has 0 amide bonds. The van der Waals surface area contributed by atoms with Crippen molar-refractivity contribution in [2.45, 2.75) is 59.0 Å². The van der Waals surface area contributed by atoms with Crippen molar-refractivity contribution in [1.82, 2.24) is 9.88 Å². The van der Waals surface area contributed by atoms with Gasteiger partial charge in [0, 0.05) is 29.9 Å². The summed E-state index contributed by atoms with van der Waals surface area (Å²) in [7, 11) is 0. The van der Waals surface area contributed by atoms with E-state index in [0.717, 1.165) is 31.6 Å². The number of aryl methyl sites for hydroxylation is 1. The van der Waals surface area contributed by atoms with Gasteiger partial charge in [0.05, 0.1) is 0 Å². The lowest BCUT2D eigenvalue weighted by molar-refractivity contribution is 0.106. The molecule has 3 heteroatoms. The molecule has 3 nitrogen and oxygen atoms in total. The quantitative estimate of drug-likeness (QED) is 0.822. The van der Waals surface area contributed by atoms with E-state index < -0.39 is 0 Å². The first-order valence-electron chi connectivity index (χ1n) is 7.40. The van der Waals surface area contributed by atoms with Gasteiger partial charge in [0.15, 0.2) is 0 Å². The molecule has 0 spiro atoms. The molecule has 0 aliphatic rings. The zero-order chi connectivity index (χ0) is 14.5. The molecule has 0 aromatic carbocycles. The predicted octanol–water partition coefficient (Wildman–Crippen LogP) is 2.63. The summed E-state index contributed by atoms with van der Waals surface area (Å²) in [4.78, 5) is 6.93. The topological polar surface area (TPSA) is 42.1 Å². The molecule has 0 radical (unpaired) electrons. The molecule has 2 N–H and O–H groups in total. The summed E-state index contributed by atoms with van der Waals surface area (Å²) in [6.07, 6.45) is 3.82. The standard InChI is InChI=1S/C16H29N3/c1-6-13-9-10-14(18-12-13)11-15(17)16(4,5)19(7-2)8-3/h9-10,12,15H,6-8,11,17H2,1-5H3. The van der Waals surface area contributed by atoms with Crippen molar-refractivity contribution >= 4 is 0 Å². The van der Waals surface area contributed by atoms with Crippen molar-refractivity contribution in [3.63, 3.8) is 0 Å². The summed E-state index contributed by atoms with van der Waals surface area (Å²) in [5.74, 6) is 0. The van der Waals surface area contributed by atoms with Crippen LogP contribution in [0.5, 0.6) is 0 Å². The van der Waals surface area contributed by atoms with Crippen LogP contribution in [0.15, 0.2) is 18.3 Å². The lowest BCUT2D eigenvalue weighted by Gasteiger charge is -2.41. The third-order valence-electron chi connectivity index (χ3n) is 4.21. The SMILES string of the molecule is CCc1ccc(CC(N)C(C)(C)N(CC)CC)nc1. The average Bonchev–Trinajstić information content (AvgIpc) is 2.40. The molecule has 0 fully saturated rings. The van der Waals surface area contributed by atoms with Crippen molar-refractivity contribution in [1.29, 1.82) is 0 Å². The third-order valence-corrected chi connectivity index (χ3v) is 4.21. The van der Waals surface area contributed by atoms with E-state index in [1.807, 2.05) is 6.20 Å². The van der Waals surface area contributed by atoms with E-state index in [2.05, 4.69) is 56.6 Å². The Hall–Kier alpha value is -0.930. The van der Waals surface area contributed by atoms with Gasteiger partial charge < -0.3 is 5.73 Å². The Morgan fingerprint density at radius 1 is 1.21 bits per heavy atom. The van der Waals surface area contributed by atoms with Gasteiger partial charge in [0.25, 0.3) is 0 Å². The molecule has 1 atom stereocenters. The molecule has 0 bridgehead atoms. The summed E-state index contributed by atoms with van der Waals surface area (Å²) in [5, 5.41) is 0. The molecule has 19 heavy (non-hydrogen) atoms. The highest BCUT2D eigenvalue weighted by molar-refractivity contribution is 5.15. The van der Waals surface area contributed by atoms with Crippen LogP contribution in [0.25, 0.3) is 0 Å². The monoisotopic (exact) mass is 263 g/mol. The molecule has 1 heterocycles. The fraction of sp³-hybridized carbons (Fsp3) is 0.688. The maximum absolute atomic E-state index is 6.42. The molecule has 1 aromatic rings. The van der Waals surface area contributed by atoms with Gasteiger partial charge in [-0.25, -0.2) is 0 Å². The van der Waals surface area contributed by atoms with Gasteiger partial charge >= 0.3 is 0 Å². The molecule has 0 saturated carbocycles. The van der Waals surface area contributed by atoms with Gasteiger partial charge in [-0.3, -0.25) is 9.88 Å². The molecule has 1 unspecified atom stereocenters. The van der Waals surface area contributed by atoms with E-state index >= 15 is 0 Å². The first-order chi connectivity index (χ1) is 8.95. The number of hydrogen-bond acceptors (Lipinski definition) is 3. The van der Waals surface area contributed by atoms with E-state index in [0.29, 0.717) is 0 Å². The predicted molar refractivity (Wildman–Crippen MR) is 82.3 cm³/mol. The van der Waals surface area contributed by atoms with Crippen LogP contribution in [-0.2, 0) is 12.8 Å². The Morgan fingerprint density at radius 2 is 1.84 bits per heavy atom. The number of nitrogens with zero attached hydrogens (tertiary/aromatic N) is 2. The van der Waals surface area contributed by atoms with Crippen LogP contribution in [0.1, 0.15) is 45.9 Å². The van der Waals surface area contributed by atoms with Crippen LogP contribution in [0, 0.1) is 0 Å². The minimum atomic E-state index is -0.00535. The highest BCUT2D eigenvalue weighted by Gasteiger charge is 2.31. The number of pyridine rings is 1. The Kier molecular flexibility index (Phi) is 5.95. The van der Waals surface area contributed by atoms with E-state index in [4.69, 9.17) is 5.73 Å². The fourth-order valence-corrected chi connectivity index (χ4v) is 2.53. The van der Waals surface area contributed by atoms with Crippen molar-refractivity contribution in [3.05, 3.63) is 29.6 Å². The van der Waals surface area contributed by atoms with E-state index in [1.54, 1.807) is 0 Å². The van der Waals surface area contributed by atoms with E-state index in [-0.39, 0.29) is 11.6 Å². The summed E-state index contributed by atoms with van der Waals surface area (Å²) >= 11 is 0. The van der Waals surface area contributed by atoms with Crippen molar-refractivity contribution in [2.75, 3.05) is 13.1 Å². The van der Waals surface area contributed by atoms with Crippen LogP contribution in [0.3, 0.4) is 0 Å². The first kappa shape index (κ1) is 16.1. The largest absolute Gasteiger partial charge is 0.326 e. The Labute approximate surface area is 118 Å². The summed E-state index contributed by atoms with van der Waals surface area (Å²) < 4.78 is 0. The molecule has 108 valence electrons. The number of rotatable bonds is 7. The maximum atomic E-state index is 6.42. The first-order valence-corrected chi connectivity index (χ1v) is 7.40. The second-order valence-corrected chi connectivity index (χ2v) is 5.65. The molecule has 1 rings (SSSR count). The second-order valence-electron chi connectivity index (χ2n) is 5.65. The number of hydrogen-bond donors (Lipinski definition) is 1. The molecule has 1 aromatic heterocycles. The minimum Gasteiger partial charge on any atom is -0.326 e. The highest BCUT2D eigenvalue weighted by atomic mass is 15.2. The van der Waals surface area contributed by atoms with Crippen molar-refractivity contribution < 1.29 is 0 Å². The minimum absolute atomic E-state index is 0.00535. The molecular formula is C16H29N3. The number of nitrogens with two attached hydrogens (primary N) is 1. The van der Waals surface area contributed by atoms with Gasteiger partial charge in [-0.15, -0.1) is 0 Å².